The summed E-state index contributed by atoms with van der Waals surface area (Å²) in [4.78, 5) is 0. The summed E-state index contributed by atoms with van der Waals surface area (Å²) in [6, 6.07) is 6.52. The third-order valence-corrected chi connectivity index (χ3v) is 4.13. The monoisotopic (exact) mass is 334 g/mol. The van der Waals surface area contributed by atoms with E-state index in [2.05, 4.69) is 63.6 Å². The summed E-state index contributed by atoms with van der Waals surface area (Å²) in [5, 5.41) is 0. The van der Waals surface area contributed by atoms with Crippen molar-refractivity contribution < 1.29 is 0 Å². The standard InChI is InChI=1S/C10H8BrI/c1-6-4-7-2-3-8(11)5-9(7)10(6)12/h2-3,5H,4H2,1H3. The van der Waals surface area contributed by atoms with Crippen molar-refractivity contribution in [3.05, 3.63) is 39.4 Å². The fourth-order valence-electron chi connectivity index (χ4n) is 1.50. The molecule has 12 heavy (non-hydrogen) atoms. The van der Waals surface area contributed by atoms with Crippen molar-refractivity contribution in [2.45, 2.75) is 13.3 Å². The predicted molar refractivity (Wildman–Crippen MR) is 64.5 cm³/mol. The lowest BCUT2D eigenvalue weighted by Crippen LogP contribution is -1.81. The first-order valence-electron chi connectivity index (χ1n) is 3.82. The Balaban J connectivity index is 2.60. The zero-order valence-corrected chi connectivity index (χ0v) is 10.4. The van der Waals surface area contributed by atoms with Crippen molar-refractivity contribution in [3.8, 4) is 0 Å². The van der Waals surface area contributed by atoms with Gasteiger partial charge in [-0.25, -0.2) is 0 Å². The Hall–Kier alpha value is 0.170. The number of rotatable bonds is 0. The second-order valence-electron chi connectivity index (χ2n) is 3.07. The molecule has 2 rings (SSSR count). The molecule has 0 radical (unpaired) electrons. The largest absolute Gasteiger partial charge is 0.0570 e. The highest BCUT2D eigenvalue weighted by molar-refractivity contribution is 14.1. The van der Waals surface area contributed by atoms with E-state index >= 15 is 0 Å². The van der Waals surface area contributed by atoms with Gasteiger partial charge in [0.1, 0.15) is 0 Å². The Kier molecular flexibility index (Phi) is 2.29. The molecule has 0 amide bonds. The molecule has 0 atom stereocenters. The van der Waals surface area contributed by atoms with Crippen LogP contribution in [-0.2, 0) is 6.42 Å². The van der Waals surface area contributed by atoms with Crippen LogP contribution in [0.4, 0.5) is 0 Å². The smallest absolute Gasteiger partial charge is 0.0198 e. The maximum Gasteiger partial charge on any atom is 0.0198 e. The molecule has 1 aromatic rings. The minimum absolute atomic E-state index is 1.13. The third-order valence-electron chi connectivity index (χ3n) is 2.14. The zero-order chi connectivity index (χ0) is 8.72. The molecule has 0 saturated heterocycles. The van der Waals surface area contributed by atoms with Crippen LogP contribution < -0.4 is 0 Å². The minimum Gasteiger partial charge on any atom is -0.0570 e. The van der Waals surface area contributed by atoms with Crippen LogP contribution >= 0.6 is 38.5 Å². The van der Waals surface area contributed by atoms with Gasteiger partial charge in [-0.3, -0.25) is 0 Å². The Morgan fingerprint density at radius 2 is 2.17 bits per heavy atom. The predicted octanol–water partition coefficient (Wildman–Crippen LogP) is 4.17. The van der Waals surface area contributed by atoms with Gasteiger partial charge in [0.25, 0.3) is 0 Å². The van der Waals surface area contributed by atoms with Crippen molar-refractivity contribution >= 4 is 42.1 Å². The first kappa shape index (κ1) is 8.75. The zero-order valence-electron chi connectivity index (χ0n) is 6.70. The van der Waals surface area contributed by atoms with Crippen molar-refractivity contribution in [3.63, 3.8) is 0 Å². The van der Waals surface area contributed by atoms with Crippen molar-refractivity contribution in [1.29, 1.82) is 0 Å². The van der Waals surface area contributed by atoms with Gasteiger partial charge in [0, 0.05) is 8.05 Å². The van der Waals surface area contributed by atoms with Gasteiger partial charge in [0.15, 0.2) is 0 Å². The molecule has 0 bridgehead atoms. The van der Waals surface area contributed by atoms with Crippen LogP contribution in [0.25, 0.3) is 3.58 Å². The van der Waals surface area contributed by atoms with E-state index in [9.17, 15) is 0 Å². The Labute approximate surface area is 94.3 Å². The Morgan fingerprint density at radius 1 is 1.42 bits per heavy atom. The molecule has 0 saturated carbocycles. The second-order valence-corrected chi connectivity index (χ2v) is 5.07. The molecule has 0 N–H and O–H groups in total. The summed E-state index contributed by atoms with van der Waals surface area (Å²) >= 11 is 5.91. The highest BCUT2D eigenvalue weighted by Crippen LogP contribution is 2.38. The maximum absolute atomic E-state index is 3.49. The summed E-state index contributed by atoms with van der Waals surface area (Å²) in [5.74, 6) is 0. The van der Waals surface area contributed by atoms with E-state index in [1.165, 1.54) is 24.8 Å². The number of allylic oxidation sites excluding steroid dienone is 1. The van der Waals surface area contributed by atoms with Crippen LogP contribution in [0.1, 0.15) is 18.1 Å². The SMILES string of the molecule is CC1=C(I)c2cc(Br)ccc2C1. The molecule has 0 fully saturated rings. The lowest BCUT2D eigenvalue weighted by molar-refractivity contribution is 1.19. The second kappa shape index (κ2) is 3.14. The summed E-state index contributed by atoms with van der Waals surface area (Å²) in [6.45, 7) is 2.20. The molecule has 0 spiro atoms. The number of fused-ring (bicyclic) bond motifs is 1. The molecule has 1 aromatic carbocycles. The van der Waals surface area contributed by atoms with Crippen LogP contribution in [-0.4, -0.2) is 0 Å². The molecule has 62 valence electrons. The van der Waals surface area contributed by atoms with E-state index in [0.717, 1.165) is 6.42 Å². The third kappa shape index (κ3) is 1.35. The quantitative estimate of drug-likeness (QED) is 0.625. The lowest BCUT2D eigenvalue weighted by Gasteiger charge is -1.99. The van der Waals surface area contributed by atoms with Gasteiger partial charge >= 0.3 is 0 Å². The fourth-order valence-corrected chi connectivity index (χ4v) is 2.55. The molecule has 2 heteroatoms. The first-order valence-corrected chi connectivity index (χ1v) is 5.69. The normalized spacial score (nSPS) is 15.2. The molecule has 1 aliphatic carbocycles. The van der Waals surface area contributed by atoms with Crippen LogP contribution in [0.5, 0.6) is 0 Å². The Bertz CT molecular complexity index is 366. The average molecular weight is 335 g/mol. The topological polar surface area (TPSA) is 0 Å². The highest BCUT2D eigenvalue weighted by Gasteiger charge is 2.16. The van der Waals surface area contributed by atoms with Gasteiger partial charge in [-0.1, -0.05) is 27.6 Å². The van der Waals surface area contributed by atoms with Gasteiger partial charge in [-0.15, -0.1) is 0 Å². The summed E-state index contributed by atoms with van der Waals surface area (Å²) < 4.78 is 2.59. The first-order chi connectivity index (χ1) is 5.68. The molecular formula is C10H8BrI. The molecule has 0 heterocycles. The van der Waals surface area contributed by atoms with Crippen LogP contribution in [0.3, 0.4) is 0 Å². The summed E-state index contributed by atoms with van der Waals surface area (Å²) in [7, 11) is 0. The average Bonchev–Trinajstić information content (AvgIpc) is 2.31. The van der Waals surface area contributed by atoms with E-state index in [0.29, 0.717) is 0 Å². The van der Waals surface area contributed by atoms with Gasteiger partial charge < -0.3 is 0 Å². The minimum atomic E-state index is 1.13. The molecular weight excluding hydrogens is 327 g/mol. The summed E-state index contributed by atoms with van der Waals surface area (Å²) in [6.07, 6.45) is 1.13. The van der Waals surface area contributed by atoms with Gasteiger partial charge in [0.05, 0.1) is 0 Å². The number of benzene rings is 1. The number of hydrogen-bond donors (Lipinski definition) is 0. The van der Waals surface area contributed by atoms with E-state index in [4.69, 9.17) is 0 Å². The molecule has 0 aromatic heterocycles. The van der Waals surface area contributed by atoms with Crippen LogP contribution in [0.15, 0.2) is 28.2 Å². The molecule has 0 aliphatic heterocycles. The van der Waals surface area contributed by atoms with Crippen molar-refractivity contribution in [2.75, 3.05) is 0 Å². The molecule has 1 aliphatic rings. The van der Waals surface area contributed by atoms with Crippen LogP contribution in [0.2, 0.25) is 0 Å². The fraction of sp³-hybridized carbons (Fsp3) is 0.200. The maximum atomic E-state index is 3.49. The van der Waals surface area contributed by atoms with E-state index in [1.807, 2.05) is 0 Å². The van der Waals surface area contributed by atoms with Crippen LogP contribution in [0, 0.1) is 0 Å². The molecule has 0 unspecified atom stereocenters. The van der Waals surface area contributed by atoms with E-state index in [1.54, 1.807) is 0 Å². The van der Waals surface area contributed by atoms with E-state index in [-0.39, 0.29) is 0 Å². The van der Waals surface area contributed by atoms with Gasteiger partial charge in [-0.05, 0) is 59.2 Å². The number of halogens is 2. The van der Waals surface area contributed by atoms with E-state index < -0.39 is 0 Å². The highest BCUT2D eigenvalue weighted by atomic mass is 127. The lowest BCUT2D eigenvalue weighted by atomic mass is 10.1. The molecule has 0 nitrogen and oxygen atoms in total. The summed E-state index contributed by atoms with van der Waals surface area (Å²) in [5.41, 5.74) is 4.35. The van der Waals surface area contributed by atoms with Gasteiger partial charge in [-0.2, -0.15) is 0 Å². The van der Waals surface area contributed by atoms with Crippen molar-refractivity contribution in [1.82, 2.24) is 0 Å². The number of hydrogen-bond acceptors (Lipinski definition) is 0. The van der Waals surface area contributed by atoms with Crippen molar-refractivity contribution in [2.24, 2.45) is 0 Å². The van der Waals surface area contributed by atoms with Gasteiger partial charge in [0.2, 0.25) is 0 Å². The Morgan fingerprint density at radius 3 is 2.92 bits per heavy atom.